The molecule has 0 heterocycles. The van der Waals surface area contributed by atoms with E-state index < -0.39 is 12.2 Å². The van der Waals surface area contributed by atoms with Gasteiger partial charge in [0.25, 0.3) is 0 Å². The first-order valence-corrected chi connectivity index (χ1v) is 8.52. The van der Waals surface area contributed by atoms with E-state index in [0.717, 1.165) is 5.39 Å². The van der Waals surface area contributed by atoms with E-state index in [1.54, 1.807) is 36.4 Å². The Morgan fingerprint density at radius 2 is 1.69 bits per heavy atom. The van der Waals surface area contributed by atoms with E-state index in [4.69, 9.17) is 0 Å². The molecular weight excluding hydrogens is 335 g/mol. The zero-order valence-electron chi connectivity index (χ0n) is 15.6. The van der Waals surface area contributed by atoms with Crippen LogP contribution in [0.2, 0.25) is 0 Å². The monoisotopic (exact) mass is 359 g/mol. The summed E-state index contributed by atoms with van der Waals surface area (Å²) < 4.78 is 41.5. The van der Waals surface area contributed by atoms with Gasteiger partial charge in [-0.1, -0.05) is 60.4 Å². The third-order valence-corrected chi connectivity index (χ3v) is 3.91. The van der Waals surface area contributed by atoms with Crippen LogP contribution in [0.15, 0.2) is 54.6 Å². The lowest BCUT2D eigenvalue weighted by molar-refractivity contribution is -0.181. The fraction of sp³-hybridized carbons (Fsp3) is 0.364. The molecule has 1 unspecified atom stereocenters. The molecule has 0 radical (unpaired) electrons. The van der Waals surface area contributed by atoms with Gasteiger partial charge in [-0.15, -0.1) is 0 Å². The fourth-order valence-corrected chi connectivity index (χ4v) is 2.79. The van der Waals surface area contributed by atoms with Crippen LogP contribution >= 0.6 is 0 Å². The molecule has 0 aliphatic carbocycles. The molecule has 0 aliphatic heterocycles. The third-order valence-electron chi connectivity index (χ3n) is 3.91. The van der Waals surface area contributed by atoms with Crippen molar-refractivity contribution in [2.45, 2.75) is 33.0 Å². The normalized spacial score (nSPS) is 13.8. The molecular formula is C22H24F3N. The number of nitrogens with zero attached hydrogens (tertiary/aromatic N) is 1. The summed E-state index contributed by atoms with van der Waals surface area (Å²) >= 11 is 0. The summed E-state index contributed by atoms with van der Waals surface area (Å²) in [6.45, 7) is 6.12. The van der Waals surface area contributed by atoms with Crippen molar-refractivity contribution >= 4 is 10.8 Å². The number of fused-ring (bicyclic) bond motifs is 1. The molecule has 0 N–H and O–H groups in total. The molecule has 138 valence electrons. The largest absolute Gasteiger partial charge is 0.408 e. The first-order valence-electron chi connectivity index (χ1n) is 8.52. The lowest BCUT2D eigenvalue weighted by atomic mass is 9.97. The van der Waals surface area contributed by atoms with Gasteiger partial charge in [-0.25, -0.2) is 0 Å². The average molecular weight is 359 g/mol. The predicted octanol–water partition coefficient (Wildman–Crippen LogP) is 5.98. The molecule has 0 amide bonds. The number of halogens is 3. The molecule has 0 saturated carbocycles. The quantitative estimate of drug-likeness (QED) is 0.607. The number of rotatable bonds is 4. The van der Waals surface area contributed by atoms with Gasteiger partial charge in [-0.2, -0.15) is 13.2 Å². The van der Waals surface area contributed by atoms with Crippen molar-refractivity contribution in [3.8, 4) is 11.8 Å². The molecule has 4 heteroatoms. The maximum absolute atomic E-state index is 13.8. The van der Waals surface area contributed by atoms with Gasteiger partial charge in [0.1, 0.15) is 6.04 Å². The van der Waals surface area contributed by atoms with E-state index >= 15 is 0 Å². The highest BCUT2D eigenvalue weighted by Gasteiger charge is 2.43. The Morgan fingerprint density at radius 1 is 1.04 bits per heavy atom. The summed E-state index contributed by atoms with van der Waals surface area (Å²) in [7, 11) is 1.49. The van der Waals surface area contributed by atoms with Crippen molar-refractivity contribution in [2.75, 3.05) is 13.6 Å². The Hall–Kier alpha value is -2.25. The van der Waals surface area contributed by atoms with Gasteiger partial charge in [0.2, 0.25) is 0 Å². The van der Waals surface area contributed by atoms with Gasteiger partial charge in [0.05, 0.1) is 0 Å². The molecule has 1 nitrogen and oxygen atoms in total. The molecule has 0 bridgehead atoms. The van der Waals surface area contributed by atoms with Crippen LogP contribution < -0.4 is 0 Å². The maximum atomic E-state index is 13.8. The van der Waals surface area contributed by atoms with E-state index in [1.807, 2.05) is 39.0 Å². The summed E-state index contributed by atoms with van der Waals surface area (Å²) in [6, 6.07) is 10.5. The zero-order chi connectivity index (χ0) is 19.4. The summed E-state index contributed by atoms with van der Waals surface area (Å²) in [5.74, 6) is 5.92. The smallest absolute Gasteiger partial charge is 0.288 e. The van der Waals surface area contributed by atoms with Gasteiger partial charge in [-0.05, 0) is 50.2 Å². The van der Waals surface area contributed by atoms with E-state index in [0.29, 0.717) is 5.39 Å². The zero-order valence-corrected chi connectivity index (χ0v) is 15.6. The molecule has 26 heavy (non-hydrogen) atoms. The lowest BCUT2D eigenvalue weighted by Gasteiger charge is -2.30. The minimum absolute atomic E-state index is 0.131. The second-order valence-corrected chi connectivity index (χ2v) is 7.37. The Labute approximate surface area is 153 Å². The number of hydrogen-bond donors (Lipinski definition) is 0. The topological polar surface area (TPSA) is 3.24 Å². The second-order valence-electron chi connectivity index (χ2n) is 7.37. The standard InChI is InChI=1S/C22H24F3N/c1-21(2,3)15-8-5-9-16-26(4)20(22(23,24)25)19-14-10-12-17-11-6-7-13-18(17)19/h5-7,9-14,20H,16H2,1-4H3/b9-5+. The van der Waals surface area contributed by atoms with Crippen molar-refractivity contribution in [1.29, 1.82) is 0 Å². The van der Waals surface area contributed by atoms with E-state index in [9.17, 15) is 13.2 Å². The van der Waals surface area contributed by atoms with Gasteiger partial charge in [0, 0.05) is 12.0 Å². The number of alkyl halides is 3. The average Bonchev–Trinajstić information content (AvgIpc) is 2.52. The SMILES string of the molecule is CN(C/C=C/C#CC(C)(C)C)C(c1cccc2ccccc12)C(F)(F)F. The third kappa shape index (κ3) is 5.37. The van der Waals surface area contributed by atoms with Gasteiger partial charge < -0.3 is 0 Å². The van der Waals surface area contributed by atoms with Crippen molar-refractivity contribution < 1.29 is 13.2 Å². The molecule has 0 aliphatic rings. The number of benzene rings is 2. The molecule has 2 aromatic carbocycles. The second kappa shape index (κ2) is 7.97. The Kier molecular flexibility index (Phi) is 6.15. The van der Waals surface area contributed by atoms with Crippen LogP contribution in [0.3, 0.4) is 0 Å². The maximum Gasteiger partial charge on any atom is 0.408 e. The Bertz CT molecular complexity index is 827. The molecule has 0 aromatic heterocycles. The number of likely N-dealkylation sites (N-methyl/N-ethyl adjacent to an activating group) is 1. The summed E-state index contributed by atoms with van der Waals surface area (Å²) in [5, 5.41) is 1.43. The number of allylic oxidation sites excluding steroid dienone is 1. The van der Waals surface area contributed by atoms with Crippen LogP contribution in [0.1, 0.15) is 32.4 Å². The first-order chi connectivity index (χ1) is 12.1. The van der Waals surface area contributed by atoms with Crippen LogP contribution in [0, 0.1) is 17.3 Å². The highest BCUT2D eigenvalue weighted by atomic mass is 19.4. The molecule has 1 atom stereocenters. The van der Waals surface area contributed by atoms with E-state index in [1.165, 1.54) is 11.9 Å². The highest BCUT2D eigenvalue weighted by Crippen LogP contribution is 2.39. The van der Waals surface area contributed by atoms with Crippen LogP contribution in [0.25, 0.3) is 10.8 Å². The predicted molar refractivity (Wildman–Crippen MR) is 102 cm³/mol. The summed E-state index contributed by atoms with van der Waals surface area (Å²) in [6.07, 6.45) is -1.08. The van der Waals surface area contributed by atoms with Crippen LogP contribution in [-0.4, -0.2) is 24.7 Å². The fourth-order valence-electron chi connectivity index (χ4n) is 2.79. The van der Waals surface area contributed by atoms with Crippen LogP contribution in [-0.2, 0) is 0 Å². The van der Waals surface area contributed by atoms with Gasteiger partial charge in [0.15, 0.2) is 0 Å². The van der Waals surface area contributed by atoms with Crippen LogP contribution in [0.5, 0.6) is 0 Å². The number of hydrogen-bond acceptors (Lipinski definition) is 1. The van der Waals surface area contributed by atoms with Gasteiger partial charge in [-0.3, -0.25) is 4.90 Å². The van der Waals surface area contributed by atoms with E-state index in [2.05, 4.69) is 11.8 Å². The Morgan fingerprint density at radius 3 is 2.35 bits per heavy atom. The molecule has 2 rings (SSSR count). The van der Waals surface area contributed by atoms with Crippen LogP contribution in [0.4, 0.5) is 13.2 Å². The lowest BCUT2D eigenvalue weighted by Crippen LogP contribution is -2.36. The minimum atomic E-state index is -4.37. The summed E-state index contributed by atoms with van der Waals surface area (Å²) in [4.78, 5) is 1.30. The van der Waals surface area contributed by atoms with Crippen molar-refractivity contribution in [2.24, 2.45) is 5.41 Å². The molecule has 0 spiro atoms. The van der Waals surface area contributed by atoms with Crippen molar-refractivity contribution in [3.05, 3.63) is 60.2 Å². The van der Waals surface area contributed by atoms with Crippen molar-refractivity contribution in [3.63, 3.8) is 0 Å². The van der Waals surface area contributed by atoms with Gasteiger partial charge >= 0.3 is 6.18 Å². The molecule has 0 saturated heterocycles. The molecule has 2 aromatic rings. The van der Waals surface area contributed by atoms with E-state index in [-0.39, 0.29) is 17.5 Å². The highest BCUT2D eigenvalue weighted by molar-refractivity contribution is 5.86. The van der Waals surface area contributed by atoms with Crippen molar-refractivity contribution in [1.82, 2.24) is 4.90 Å². The Balaban J connectivity index is 2.30. The minimum Gasteiger partial charge on any atom is -0.288 e. The molecule has 0 fully saturated rings. The summed E-state index contributed by atoms with van der Waals surface area (Å²) in [5.41, 5.74) is 0.139. The first kappa shape index (κ1) is 20.1.